The Hall–Kier alpha value is -1.76. The second-order valence-electron chi connectivity index (χ2n) is 3.20. The molecule has 2 rings (SSSR count). The van der Waals surface area contributed by atoms with Crippen LogP contribution >= 0.6 is 11.3 Å². The summed E-state index contributed by atoms with van der Waals surface area (Å²) >= 11 is 1.47. The molecule has 0 saturated carbocycles. The first-order valence-electron chi connectivity index (χ1n) is 4.92. The fourth-order valence-electron chi connectivity index (χ4n) is 1.28. The standard InChI is InChI=1S/C9H11N5OS/c1-2-3-7(15)10-6-4-5-16-8(6)9-11-13-14-12-9/h4-5H,2-3H2,1H3,(H,10,15)(H,11,12,13,14). The molecule has 0 aliphatic heterocycles. The molecule has 2 N–H and O–H groups in total. The zero-order valence-corrected chi connectivity index (χ0v) is 9.54. The summed E-state index contributed by atoms with van der Waals surface area (Å²) in [5.41, 5.74) is 0.741. The average Bonchev–Trinajstić information content (AvgIpc) is 2.86. The number of aromatic nitrogens is 4. The summed E-state index contributed by atoms with van der Waals surface area (Å²) in [7, 11) is 0. The molecule has 0 saturated heterocycles. The van der Waals surface area contributed by atoms with Gasteiger partial charge in [0.1, 0.15) is 0 Å². The third-order valence-corrected chi connectivity index (χ3v) is 2.88. The van der Waals surface area contributed by atoms with Crippen molar-refractivity contribution in [2.24, 2.45) is 0 Å². The zero-order chi connectivity index (χ0) is 11.4. The molecule has 0 bridgehead atoms. The highest BCUT2D eigenvalue weighted by atomic mass is 32.1. The molecule has 7 heteroatoms. The van der Waals surface area contributed by atoms with E-state index < -0.39 is 0 Å². The summed E-state index contributed by atoms with van der Waals surface area (Å²) in [5.74, 6) is 0.507. The highest BCUT2D eigenvalue weighted by molar-refractivity contribution is 7.14. The van der Waals surface area contributed by atoms with Gasteiger partial charge in [-0.25, -0.2) is 0 Å². The lowest BCUT2D eigenvalue weighted by Gasteiger charge is -2.02. The van der Waals surface area contributed by atoms with Gasteiger partial charge in [0.2, 0.25) is 11.7 Å². The zero-order valence-electron chi connectivity index (χ0n) is 8.73. The number of tetrazole rings is 1. The number of thiophene rings is 1. The number of nitrogens with zero attached hydrogens (tertiary/aromatic N) is 3. The number of amides is 1. The Morgan fingerprint density at radius 3 is 3.19 bits per heavy atom. The van der Waals surface area contributed by atoms with Gasteiger partial charge >= 0.3 is 0 Å². The van der Waals surface area contributed by atoms with Gasteiger partial charge in [-0.1, -0.05) is 6.92 Å². The van der Waals surface area contributed by atoms with Crippen molar-refractivity contribution in [2.45, 2.75) is 19.8 Å². The van der Waals surface area contributed by atoms with E-state index in [1.807, 2.05) is 18.4 Å². The normalized spacial score (nSPS) is 10.3. The number of rotatable bonds is 4. The lowest BCUT2D eigenvalue weighted by molar-refractivity contribution is -0.116. The molecule has 0 radical (unpaired) electrons. The molecule has 1 amide bonds. The smallest absolute Gasteiger partial charge is 0.224 e. The predicted molar refractivity (Wildman–Crippen MR) is 61.0 cm³/mol. The van der Waals surface area contributed by atoms with Gasteiger partial charge < -0.3 is 5.32 Å². The number of hydrogen-bond acceptors (Lipinski definition) is 5. The Balaban J connectivity index is 2.17. The van der Waals surface area contributed by atoms with E-state index in [1.54, 1.807) is 0 Å². The van der Waals surface area contributed by atoms with Crippen LogP contribution in [0.25, 0.3) is 10.7 Å². The molecule has 2 aromatic rings. The Morgan fingerprint density at radius 1 is 1.62 bits per heavy atom. The van der Waals surface area contributed by atoms with Crippen molar-refractivity contribution in [1.82, 2.24) is 20.6 Å². The van der Waals surface area contributed by atoms with Crippen LogP contribution in [0.2, 0.25) is 0 Å². The first kappa shape index (κ1) is 10.7. The van der Waals surface area contributed by atoms with Crippen LogP contribution in [0.3, 0.4) is 0 Å². The molecule has 6 nitrogen and oxygen atoms in total. The summed E-state index contributed by atoms with van der Waals surface area (Å²) in [6.45, 7) is 1.97. The summed E-state index contributed by atoms with van der Waals surface area (Å²) in [4.78, 5) is 12.3. The van der Waals surface area contributed by atoms with Crippen LogP contribution in [0.4, 0.5) is 5.69 Å². The van der Waals surface area contributed by atoms with Gasteiger partial charge in [-0.15, -0.1) is 21.5 Å². The maximum atomic E-state index is 11.5. The molecule has 0 aliphatic rings. The van der Waals surface area contributed by atoms with Crippen molar-refractivity contribution >= 4 is 22.9 Å². The van der Waals surface area contributed by atoms with Gasteiger partial charge in [-0.3, -0.25) is 4.79 Å². The van der Waals surface area contributed by atoms with Crippen LogP contribution in [0.15, 0.2) is 11.4 Å². The van der Waals surface area contributed by atoms with E-state index in [-0.39, 0.29) is 5.91 Å². The molecule has 0 aliphatic carbocycles. The Kier molecular flexibility index (Phi) is 3.25. The monoisotopic (exact) mass is 237 g/mol. The van der Waals surface area contributed by atoms with E-state index in [1.165, 1.54) is 11.3 Å². The van der Waals surface area contributed by atoms with Gasteiger partial charge in [0.15, 0.2) is 0 Å². The molecule has 2 heterocycles. The molecular weight excluding hydrogens is 226 g/mol. The van der Waals surface area contributed by atoms with E-state index in [4.69, 9.17) is 0 Å². The van der Waals surface area contributed by atoms with E-state index >= 15 is 0 Å². The van der Waals surface area contributed by atoms with Gasteiger partial charge in [-0.05, 0) is 23.1 Å². The van der Waals surface area contributed by atoms with Crippen LogP contribution in [-0.4, -0.2) is 26.5 Å². The summed E-state index contributed by atoms with van der Waals surface area (Å²) in [6.07, 6.45) is 1.34. The number of nitrogens with one attached hydrogen (secondary N) is 2. The highest BCUT2D eigenvalue weighted by Crippen LogP contribution is 2.30. The average molecular weight is 237 g/mol. The first-order valence-corrected chi connectivity index (χ1v) is 5.80. The van der Waals surface area contributed by atoms with Crippen LogP contribution in [0.5, 0.6) is 0 Å². The number of H-pyrrole nitrogens is 1. The fraction of sp³-hybridized carbons (Fsp3) is 0.333. The second kappa shape index (κ2) is 4.84. The fourth-order valence-corrected chi connectivity index (χ4v) is 2.06. The summed E-state index contributed by atoms with van der Waals surface area (Å²) in [5, 5.41) is 18.4. The minimum absolute atomic E-state index is 0.00523. The van der Waals surface area contributed by atoms with Crippen molar-refractivity contribution in [1.29, 1.82) is 0 Å². The van der Waals surface area contributed by atoms with Crippen molar-refractivity contribution in [2.75, 3.05) is 5.32 Å². The molecule has 0 fully saturated rings. The lowest BCUT2D eigenvalue weighted by atomic mass is 10.3. The highest BCUT2D eigenvalue weighted by Gasteiger charge is 2.12. The molecular formula is C9H11N5OS. The van der Waals surface area contributed by atoms with Gasteiger partial charge in [0.05, 0.1) is 10.6 Å². The molecule has 0 unspecified atom stereocenters. The van der Waals surface area contributed by atoms with E-state index in [9.17, 15) is 4.79 Å². The third kappa shape index (κ3) is 2.25. The van der Waals surface area contributed by atoms with Crippen molar-refractivity contribution in [3.8, 4) is 10.7 Å². The quantitative estimate of drug-likeness (QED) is 0.847. The Morgan fingerprint density at radius 2 is 2.50 bits per heavy atom. The topological polar surface area (TPSA) is 83.6 Å². The van der Waals surface area contributed by atoms with Crippen LogP contribution in [-0.2, 0) is 4.79 Å². The largest absolute Gasteiger partial charge is 0.325 e. The van der Waals surface area contributed by atoms with Crippen molar-refractivity contribution in [3.05, 3.63) is 11.4 Å². The van der Waals surface area contributed by atoms with E-state index in [0.29, 0.717) is 12.2 Å². The number of anilines is 1. The molecule has 84 valence electrons. The van der Waals surface area contributed by atoms with Crippen molar-refractivity contribution < 1.29 is 4.79 Å². The summed E-state index contributed by atoms with van der Waals surface area (Å²) in [6, 6.07) is 1.84. The van der Waals surface area contributed by atoms with Gasteiger partial charge in [0.25, 0.3) is 0 Å². The molecule has 0 spiro atoms. The third-order valence-electron chi connectivity index (χ3n) is 1.96. The van der Waals surface area contributed by atoms with Crippen LogP contribution in [0, 0.1) is 0 Å². The number of aromatic amines is 1. The predicted octanol–water partition coefficient (Wildman–Crippen LogP) is 1.67. The van der Waals surface area contributed by atoms with Gasteiger partial charge in [-0.2, -0.15) is 5.21 Å². The molecule has 16 heavy (non-hydrogen) atoms. The molecule has 0 aromatic carbocycles. The number of carbonyl (C=O) groups is 1. The van der Waals surface area contributed by atoms with Crippen LogP contribution < -0.4 is 5.32 Å². The van der Waals surface area contributed by atoms with Crippen LogP contribution in [0.1, 0.15) is 19.8 Å². The SMILES string of the molecule is CCCC(=O)Nc1ccsc1-c1nn[nH]n1. The minimum atomic E-state index is 0.00523. The number of carbonyl (C=O) groups excluding carboxylic acids is 1. The van der Waals surface area contributed by atoms with E-state index in [2.05, 4.69) is 25.9 Å². The maximum Gasteiger partial charge on any atom is 0.224 e. The van der Waals surface area contributed by atoms with Crippen molar-refractivity contribution in [3.63, 3.8) is 0 Å². The molecule has 2 aromatic heterocycles. The molecule has 0 atom stereocenters. The first-order chi connectivity index (χ1) is 7.81. The number of hydrogen-bond donors (Lipinski definition) is 2. The van der Waals surface area contributed by atoms with Gasteiger partial charge in [0, 0.05) is 6.42 Å². The van der Waals surface area contributed by atoms with E-state index in [0.717, 1.165) is 17.0 Å². The lowest BCUT2D eigenvalue weighted by Crippen LogP contribution is -2.10. The summed E-state index contributed by atoms with van der Waals surface area (Å²) < 4.78 is 0. The second-order valence-corrected chi connectivity index (χ2v) is 4.11. The Labute approximate surface area is 96.1 Å². The Bertz CT molecular complexity index is 464. The maximum absolute atomic E-state index is 11.5. The minimum Gasteiger partial charge on any atom is -0.325 e.